The summed E-state index contributed by atoms with van der Waals surface area (Å²) in [5.74, 6) is -1.02. The lowest BCUT2D eigenvalue weighted by atomic mass is 10.1. The Labute approximate surface area is 88.5 Å². The molecule has 1 aliphatic heterocycles. The van der Waals surface area contributed by atoms with Crippen molar-refractivity contribution < 1.29 is 14.7 Å². The summed E-state index contributed by atoms with van der Waals surface area (Å²) in [7, 11) is 0. The number of rotatable bonds is 5. The maximum atomic E-state index is 11.5. The second-order valence-electron chi connectivity index (χ2n) is 3.73. The van der Waals surface area contributed by atoms with Crippen LogP contribution in [0.4, 0.5) is 0 Å². The number of amides is 1. The Morgan fingerprint density at radius 1 is 1.80 bits per heavy atom. The zero-order chi connectivity index (χ0) is 11.4. The molecule has 0 bridgehead atoms. The minimum Gasteiger partial charge on any atom is -0.480 e. The molecule has 1 aliphatic rings. The molecule has 1 rings (SSSR count). The van der Waals surface area contributed by atoms with E-state index in [1.807, 2.05) is 0 Å². The molecule has 1 fully saturated rings. The summed E-state index contributed by atoms with van der Waals surface area (Å²) in [6.07, 6.45) is 2.15. The molecule has 2 atom stereocenters. The minimum atomic E-state index is -0.985. The van der Waals surface area contributed by atoms with Crippen molar-refractivity contribution in [3.63, 3.8) is 0 Å². The molecule has 0 saturated carbocycles. The second kappa shape index (κ2) is 4.93. The number of nitrogens with two attached hydrogens (primary N) is 1. The first kappa shape index (κ1) is 11.7. The molecule has 0 aromatic rings. The highest BCUT2D eigenvalue weighted by Crippen LogP contribution is 2.20. The molecule has 5 nitrogen and oxygen atoms in total. The van der Waals surface area contributed by atoms with E-state index < -0.39 is 12.0 Å². The average molecular weight is 212 g/mol. The normalized spacial score (nSPS) is 22.9. The van der Waals surface area contributed by atoms with E-state index in [-0.39, 0.29) is 18.2 Å². The summed E-state index contributed by atoms with van der Waals surface area (Å²) >= 11 is 0. The van der Waals surface area contributed by atoms with Crippen LogP contribution in [0.1, 0.15) is 12.8 Å². The first-order valence-electron chi connectivity index (χ1n) is 4.93. The number of aliphatic carboxylic acids is 1. The lowest BCUT2D eigenvalue weighted by Crippen LogP contribution is -2.42. The average Bonchev–Trinajstić information content (AvgIpc) is 2.55. The van der Waals surface area contributed by atoms with E-state index in [1.165, 1.54) is 11.0 Å². The fourth-order valence-electron chi connectivity index (χ4n) is 1.79. The van der Waals surface area contributed by atoms with Crippen LogP contribution >= 0.6 is 0 Å². The predicted octanol–water partition coefficient (Wildman–Crippen LogP) is -0.177. The van der Waals surface area contributed by atoms with Crippen LogP contribution in [-0.2, 0) is 9.59 Å². The summed E-state index contributed by atoms with van der Waals surface area (Å²) in [6, 6.07) is -0.786. The molecule has 0 aromatic carbocycles. The number of nitrogens with zero attached hydrogens (tertiary/aromatic N) is 1. The molecular weight excluding hydrogens is 196 g/mol. The van der Waals surface area contributed by atoms with Gasteiger partial charge in [0.05, 0.1) is 0 Å². The second-order valence-corrected chi connectivity index (χ2v) is 3.73. The Bertz CT molecular complexity index is 278. The molecule has 0 aliphatic carbocycles. The molecular formula is C10H16N2O3. The number of likely N-dealkylation sites (tertiary alicyclic amines) is 1. The first-order chi connectivity index (χ1) is 7.10. The molecule has 1 heterocycles. The largest absolute Gasteiger partial charge is 0.480 e. The standard InChI is InChI=1S/C10H16N2O3/c1-2-3-8(10(14)15)12-6-7(5-11)4-9(12)13/h2,7-8H,1,3-6,11H2,(H,14,15)/t7?,8-/m1/s1. The van der Waals surface area contributed by atoms with Crippen LogP contribution in [0.5, 0.6) is 0 Å². The van der Waals surface area contributed by atoms with Crippen LogP contribution in [-0.4, -0.2) is 41.0 Å². The van der Waals surface area contributed by atoms with Gasteiger partial charge in [-0.3, -0.25) is 4.79 Å². The molecule has 0 aromatic heterocycles. The Morgan fingerprint density at radius 3 is 2.87 bits per heavy atom. The van der Waals surface area contributed by atoms with Gasteiger partial charge in [-0.05, 0) is 18.9 Å². The van der Waals surface area contributed by atoms with Gasteiger partial charge in [0.2, 0.25) is 5.91 Å². The zero-order valence-corrected chi connectivity index (χ0v) is 8.56. The van der Waals surface area contributed by atoms with Crippen LogP contribution in [0.15, 0.2) is 12.7 Å². The highest BCUT2D eigenvalue weighted by Gasteiger charge is 2.36. The third kappa shape index (κ3) is 2.56. The Hall–Kier alpha value is -1.36. The number of carboxylic acid groups (broad SMARTS) is 1. The van der Waals surface area contributed by atoms with Crippen molar-refractivity contribution in [3.05, 3.63) is 12.7 Å². The van der Waals surface area contributed by atoms with Crippen molar-refractivity contribution in [2.45, 2.75) is 18.9 Å². The fraction of sp³-hybridized carbons (Fsp3) is 0.600. The van der Waals surface area contributed by atoms with Gasteiger partial charge in [0, 0.05) is 13.0 Å². The van der Waals surface area contributed by atoms with E-state index in [0.29, 0.717) is 19.5 Å². The topological polar surface area (TPSA) is 83.6 Å². The van der Waals surface area contributed by atoms with Crippen molar-refractivity contribution in [1.29, 1.82) is 0 Å². The Morgan fingerprint density at radius 2 is 2.47 bits per heavy atom. The minimum absolute atomic E-state index is 0.0872. The Balaban J connectivity index is 2.72. The van der Waals surface area contributed by atoms with E-state index in [9.17, 15) is 9.59 Å². The summed E-state index contributed by atoms with van der Waals surface area (Å²) < 4.78 is 0. The SMILES string of the molecule is C=CC[C@H](C(=O)O)N1CC(CN)CC1=O. The van der Waals surface area contributed by atoms with E-state index in [1.54, 1.807) is 0 Å². The fourth-order valence-corrected chi connectivity index (χ4v) is 1.79. The molecule has 15 heavy (non-hydrogen) atoms. The van der Waals surface area contributed by atoms with Crippen molar-refractivity contribution in [3.8, 4) is 0 Å². The summed E-state index contributed by atoms with van der Waals surface area (Å²) in [5, 5.41) is 8.97. The number of hydrogen-bond donors (Lipinski definition) is 2. The lowest BCUT2D eigenvalue weighted by Gasteiger charge is -2.23. The van der Waals surface area contributed by atoms with Gasteiger partial charge in [-0.25, -0.2) is 4.79 Å². The predicted molar refractivity (Wildman–Crippen MR) is 55.1 cm³/mol. The van der Waals surface area contributed by atoms with Gasteiger partial charge in [-0.1, -0.05) is 6.08 Å². The van der Waals surface area contributed by atoms with Gasteiger partial charge in [0.25, 0.3) is 0 Å². The highest BCUT2D eigenvalue weighted by molar-refractivity contribution is 5.85. The lowest BCUT2D eigenvalue weighted by molar-refractivity contribution is -0.148. The van der Waals surface area contributed by atoms with Crippen molar-refractivity contribution in [2.24, 2.45) is 11.7 Å². The number of hydrogen-bond acceptors (Lipinski definition) is 3. The van der Waals surface area contributed by atoms with E-state index >= 15 is 0 Å². The smallest absolute Gasteiger partial charge is 0.326 e. The third-order valence-electron chi connectivity index (χ3n) is 2.62. The van der Waals surface area contributed by atoms with Gasteiger partial charge < -0.3 is 15.7 Å². The molecule has 1 unspecified atom stereocenters. The van der Waals surface area contributed by atoms with Crippen molar-refractivity contribution in [2.75, 3.05) is 13.1 Å². The van der Waals surface area contributed by atoms with E-state index in [0.717, 1.165) is 0 Å². The molecule has 5 heteroatoms. The molecule has 84 valence electrons. The van der Waals surface area contributed by atoms with Crippen molar-refractivity contribution >= 4 is 11.9 Å². The maximum Gasteiger partial charge on any atom is 0.326 e. The van der Waals surface area contributed by atoms with Gasteiger partial charge >= 0.3 is 5.97 Å². The van der Waals surface area contributed by atoms with Gasteiger partial charge in [0.15, 0.2) is 0 Å². The highest BCUT2D eigenvalue weighted by atomic mass is 16.4. The zero-order valence-electron chi connectivity index (χ0n) is 8.56. The molecule has 0 spiro atoms. The van der Waals surface area contributed by atoms with E-state index in [4.69, 9.17) is 10.8 Å². The Kier molecular flexibility index (Phi) is 3.85. The molecule has 1 amide bonds. The van der Waals surface area contributed by atoms with Crippen LogP contribution in [0.25, 0.3) is 0 Å². The number of carbonyl (C=O) groups is 2. The monoisotopic (exact) mass is 212 g/mol. The van der Waals surface area contributed by atoms with Crippen LogP contribution in [0.2, 0.25) is 0 Å². The van der Waals surface area contributed by atoms with E-state index in [2.05, 4.69) is 6.58 Å². The molecule has 3 N–H and O–H groups in total. The van der Waals surface area contributed by atoms with Crippen LogP contribution in [0.3, 0.4) is 0 Å². The van der Waals surface area contributed by atoms with Gasteiger partial charge in [0.1, 0.15) is 6.04 Å². The summed E-state index contributed by atoms with van der Waals surface area (Å²) in [5.41, 5.74) is 5.46. The van der Waals surface area contributed by atoms with Gasteiger partial charge in [-0.2, -0.15) is 0 Å². The van der Waals surface area contributed by atoms with Crippen LogP contribution < -0.4 is 5.73 Å². The number of carbonyl (C=O) groups excluding carboxylic acids is 1. The van der Waals surface area contributed by atoms with Crippen molar-refractivity contribution in [1.82, 2.24) is 4.90 Å². The summed E-state index contributed by atoms with van der Waals surface area (Å²) in [6.45, 7) is 4.36. The van der Waals surface area contributed by atoms with Gasteiger partial charge in [-0.15, -0.1) is 6.58 Å². The quantitative estimate of drug-likeness (QED) is 0.619. The maximum absolute atomic E-state index is 11.5. The summed E-state index contributed by atoms with van der Waals surface area (Å²) in [4.78, 5) is 23.9. The third-order valence-corrected chi connectivity index (χ3v) is 2.62. The number of carboxylic acids is 1. The molecule has 1 saturated heterocycles. The van der Waals surface area contributed by atoms with Crippen LogP contribution in [0, 0.1) is 5.92 Å². The molecule has 0 radical (unpaired) electrons. The first-order valence-corrected chi connectivity index (χ1v) is 4.93.